The molecule has 2 aromatic heterocycles. The van der Waals surface area contributed by atoms with Crippen molar-refractivity contribution in [3.05, 3.63) is 34.5 Å². The second-order valence-electron chi connectivity index (χ2n) is 7.65. The lowest BCUT2D eigenvalue weighted by Gasteiger charge is -2.32. The van der Waals surface area contributed by atoms with Crippen LogP contribution in [0.4, 0.5) is 4.39 Å². The van der Waals surface area contributed by atoms with Crippen LogP contribution in [0, 0.1) is 0 Å². The number of hydrogen-bond acceptors (Lipinski definition) is 4. The highest BCUT2D eigenvalue weighted by Crippen LogP contribution is 2.40. The molecule has 1 fully saturated rings. The summed E-state index contributed by atoms with van der Waals surface area (Å²) in [5.74, 6) is 0.193. The highest BCUT2D eigenvalue weighted by atomic mass is 32.1. The minimum Gasteiger partial charge on any atom is -0.398 e. The maximum atomic E-state index is 15.0. The zero-order chi connectivity index (χ0) is 18.4. The summed E-state index contributed by atoms with van der Waals surface area (Å²) < 4.78 is 26.6. The van der Waals surface area contributed by atoms with Gasteiger partial charge in [0, 0.05) is 11.3 Å². The van der Waals surface area contributed by atoms with Crippen molar-refractivity contribution in [2.24, 2.45) is 0 Å². The summed E-state index contributed by atoms with van der Waals surface area (Å²) in [6, 6.07) is 3.94. The van der Waals surface area contributed by atoms with Crippen LogP contribution >= 0.6 is 11.3 Å². The van der Waals surface area contributed by atoms with Crippen LogP contribution in [-0.2, 0) is 9.31 Å². The molecule has 0 aliphatic carbocycles. The molecule has 25 heavy (non-hydrogen) atoms. The normalized spacial score (nSPS) is 19.8. The summed E-state index contributed by atoms with van der Waals surface area (Å²) in [4.78, 5) is 0.996. The van der Waals surface area contributed by atoms with Gasteiger partial charge < -0.3 is 9.31 Å². The van der Waals surface area contributed by atoms with Gasteiger partial charge in [-0.05, 0) is 51.1 Å². The van der Waals surface area contributed by atoms with Crippen LogP contribution in [-0.4, -0.2) is 28.5 Å². The van der Waals surface area contributed by atoms with E-state index in [4.69, 9.17) is 9.31 Å². The average molecular weight is 362 g/mol. The molecule has 1 aliphatic heterocycles. The number of aromatic nitrogens is 2. The second kappa shape index (κ2) is 6.38. The fourth-order valence-corrected chi connectivity index (χ4v) is 3.44. The summed E-state index contributed by atoms with van der Waals surface area (Å²) in [6.07, 6.45) is 1.50. The first-order chi connectivity index (χ1) is 11.6. The molecule has 3 heterocycles. The molecule has 134 valence electrons. The van der Waals surface area contributed by atoms with E-state index in [9.17, 15) is 4.39 Å². The van der Waals surface area contributed by atoms with Gasteiger partial charge in [0.2, 0.25) is 0 Å². The van der Waals surface area contributed by atoms with E-state index in [1.807, 2.05) is 45.2 Å². The van der Waals surface area contributed by atoms with E-state index in [2.05, 4.69) is 24.0 Å². The van der Waals surface area contributed by atoms with Crippen molar-refractivity contribution >= 4 is 24.5 Å². The van der Waals surface area contributed by atoms with Gasteiger partial charge >= 0.3 is 7.12 Å². The summed E-state index contributed by atoms with van der Waals surface area (Å²) >= 11 is 1.58. The number of thiophene rings is 1. The third-order valence-corrected chi connectivity index (χ3v) is 5.80. The van der Waals surface area contributed by atoms with Crippen molar-refractivity contribution in [2.75, 3.05) is 0 Å². The Kier molecular flexibility index (Phi) is 4.68. The molecule has 0 atom stereocenters. The predicted octanol–water partition coefficient (Wildman–Crippen LogP) is 5.20. The van der Waals surface area contributed by atoms with E-state index >= 15 is 0 Å². The van der Waals surface area contributed by atoms with Gasteiger partial charge in [0.05, 0.1) is 16.1 Å². The largest absolute Gasteiger partial charge is 0.525 e. The van der Waals surface area contributed by atoms with Crippen LogP contribution in [0.2, 0.25) is 0 Å². The number of nitrogens with zero attached hydrogens (tertiary/aromatic N) is 1. The van der Waals surface area contributed by atoms with Crippen molar-refractivity contribution in [1.82, 2.24) is 10.2 Å². The molecule has 1 aliphatic rings. The topological polar surface area (TPSA) is 47.1 Å². The molecule has 2 aromatic rings. The number of halogens is 1. The zero-order valence-corrected chi connectivity index (χ0v) is 16.3. The Morgan fingerprint density at radius 1 is 1.28 bits per heavy atom. The SMILES string of the molecule is CC(C)c1[nH]nc(-c2cccs2)c1C=C(F)B1OC(C)(C)C(C)(C)O1. The lowest BCUT2D eigenvalue weighted by atomic mass is 9.86. The van der Waals surface area contributed by atoms with Crippen molar-refractivity contribution in [3.63, 3.8) is 0 Å². The zero-order valence-electron chi connectivity index (χ0n) is 15.5. The second-order valence-corrected chi connectivity index (χ2v) is 8.60. The molecular weight excluding hydrogens is 338 g/mol. The highest BCUT2D eigenvalue weighted by Gasteiger charge is 2.53. The molecule has 0 amide bonds. The maximum absolute atomic E-state index is 15.0. The standard InChI is InChI=1S/C18H24BFN2O2S/c1-11(2)15-12(16(22-21-15)13-8-7-9-25-13)10-14(20)19-23-17(3,4)18(5,6)24-19/h7-11H,1-6H3,(H,21,22). The minimum atomic E-state index is -1.00. The van der Waals surface area contributed by atoms with E-state index in [-0.39, 0.29) is 5.92 Å². The smallest absolute Gasteiger partial charge is 0.398 e. The average Bonchev–Trinajstić information content (AvgIpc) is 3.17. The third kappa shape index (κ3) is 3.33. The summed E-state index contributed by atoms with van der Waals surface area (Å²) in [5.41, 5.74) is 0.817. The van der Waals surface area contributed by atoms with Crippen LogP contribution in [0.5, 0.6) is 0 Å². The fourth-order valence-electron chi connectivity index (χ4n) is 2.71. The van der Waals surface area contributed by atoms with E-state index in [1.54, 1.807) is 11.3 Å². The Balaban J connectivity index is 1.99. The predicted molar refractivity (Wildman–Crippen MR) is 101 cm³/mol. The maximum Gasteiger partial charge on any atom is 0.525 e. The van der Waals surface area contributed by atoms with Gasteiger partial charge in [0.25, 0.3) is 0 Å². The van der Waals surface area contributed by atoms with Gasteiger partial charge in [-0.2, -0.15) is 5.10 Å². The first-order valence-corrected chi connectivity index (χ1v) is 9.35. The molecule has 7 heteroatoms. The summed E-state index contributed by atoms with van der Waals surface area (Å²) in [6.45, 7) is 11.7. The van der Waals surface area contributed by atoms with Gasteiger partial charge in [-0.1, -0.05) is 19.9 Å². The van der Waals surface area contributed by atoms with E-state index < -0.39 is 24.0 Å². The molecule has 0 saturated carbocycles. The van der Waals surface area contributed by atoms with Gasteiger partial charge in [0.1, 0.15) is 11.4 Å². The third-order valence-electron chi connectivity index (χ3n) is 4.93. The minimum absolute atomic E-state index is 0.193. The molecule has 1 saturated heterocycles. The van der Waals surface area contributed by atoms with Gasteiger partial charge in [-0.3, -0.25) is 5.10 Å². The van der Waals surface area contributed by atoms with Crippen LogP contribution < -0.4 is 0 Å². The fraction of sp³-hybridized carbons (Fsp3) is 0.500. The van der Waals surface area contributed by atoms with Crippen LogP contribution in [0.3, 0.4) is 0 Å². The first kappa shape index (κ1) is 18.4. The Morgan fingerprint density at radius 2 is 1.92 bits per heavy atom. The Labute approximate surface area is 152 Å². The molecule has 3 rings (SSSR count). The van der Waals surface area contributed by atoms with E-state index in [0.29, 0.717) is 0 Å². The Morgan fingerprint density at radius 3 is 2.44 bits per heavy atom. The van der Waals surface area contributed by atoms with Crippen LogP contribution in [0.1, 0.15) is 58.7 Å². The van der Waals surface area contributed by atoms with Gasteiger partial charge in [0.15, 0.2) is 0 Å². The molecular formula is C18H24BFN2O2S. The summed E-state index contributed by atoms with van der Waals surface area (Å²) in [5, 5.41) is 9.45. The molecule has 0 bridgehead atoms. The Hall–Kier alpha value is -1.44. The van der Waals surface area contributed by atoms with Crippen LogP contribution in [0.25, 0.3) is 16.6 Å². The van der Waals surface area contributed by atoms with E-state index in [1.165, 1.54) is 6.08 Å². The highest BCUT2D eigenvalue weighted by molar-refractivity contribution is 7.13. The Bertz CT molecular complexity index is 765. The van der Waals surface area contributed by atoms with Crippen molar-refractivity contribution in [3.8, 4) is 10.6 Å². The summed E-state index contributed by atoms with van der Waals surface area (Å²) in [7, 11) is -1.00. The number of H-pyrrole nitrogens is 1. The van der Waals surface area contributed by atoms with Gasteiger partial charge in [-0.25, -0.2) is 4.39 Å². The van der Waals surface area contributed by atoms with E-state index in [0.717, 1.165) is 21.8 Å². The quantitative estimate of drug-likeness (QED) is 0.760. The van der Waals surface area contributed by atoms with Crippen molar-refractivity contribution < 1.29 is 13.7 Å². The monoisotopic (exact) mass is 362 g/mol. The lowest BCUT2D eigenvalue weighted by molar-refractivity contribution is 0.00578. The molecule has 4 nitrogen and oxygen atoms in total. The van der Waals surface area contributed by atoms with Crippen molar-refractivity contribution in [1.29, 1.82) is 0 Å². The lowest BCUT2D eigenvalue weighted by Crippen LogP contribution is -2.41. The van der Waals surface area contributed by atoms with Gasteiger partial charge in [-0.15, -0.1) is 11.3 Å². The van der Waals surface area contributed by atoms with Crippen LogP contribution in [0.15, 0.2) is 23.2 Å². The molecule has 0 aromatic carbocycles. The first-order valence-electron chi connectivity index (χ1n) is 8.47. The number of hydrogen-bond donors (Lipinski definition) is 1. The molecule has 1 N–H and O–H groups in total. The molecule has 0 radical (unpaired) electrons. The molecule has 0 unspecified atom stereocenters. The number of aromatic amines is 1. The molecule has 0 spiro atoms. The number of nitrogens with one attached hydrogen (secondary N) is 1. The van der Waals surface area contributed by atoms with Crippen molar-refractivity contribution in [2.45, 2.75) is 58.7 Å². The number of rotatable bonds is 4.